The molecule has 0 radical (unpaired) electrons. The Morgan fingerprint density at radius 1 is 0.571 bits per heavy atom. The van der Waals surface area contributed by atoms with Crippen LogP contribution in [0.1, 0.15) is 16.7 Å². The molecule has 7 aromatic rings. The summed E-state index contributed by atoms with van der Waals surface area (Å²) in [5, 5.41) is 4.42. The summed E-state index contributed by atoms with van der Waals surface area (Å²) >= 11 is 0. The van der Waals surface area contributed by atoms with Gasteiger partial charge in [0.15, 0.2) is 0 Å². The molecule has 3 aromatic heterocycles. The SMILES string of the molecule is Cc1cnc(-c2ccccc2)cc1-c1cc2c(oc3cccc(C)c32)c2c1oc1cccc(C)c12. The second-order valence-corrected chi connectivity index (χ2v) is 9.36. The average Bonchev–Trinajstić information content (AvgIpc) is 3.44. The van der Waals surface area contributed by atoms with E-state index in [-0.39, 0.29) is 0 Å². The number of fused-ring (bicyclic) bond motifs is 7. The van der Waals surface area contributed by atoms with E-state index < -0.39 is 0 Å². The predicted octanol–water partition coefficient (Wildman–Crippen LogP) is 9.14. The first-order valence-electron chi connectivity index (χ1n) is 11.9. The summed E-state index contributed by atoms with van der Waals surface area (Å²) in [7, 11) is 0. The van der Waals surface area contributed by atoms with Crippen LogP contribution in [-0.2, 0) is 0 Å². The van der Waals surface area contributed by atoms with Gasteiger partial charge in [0, 0.05) is 33.5 Å². The van der Waals surface area contributed by atoms with E-state index >= 15 is 0 Å². The van der Waals surface area contributed by atoms with Crippen molar-refractivity contribution < 1.29 is 8.83 Å². The first-order valence-corrected chi connectivity index (χ1v) is 11.9. The summed E-state index contributed by atoms with van der Waals surface area (Å²) in [4.78, 5) is 4.74. The van der Waals surface area contributed by atoms with E-state index in [0.717, 1.165) is 71.8 Å². The molecule has 35 heavy (non-hydrogen) atoms. The summed E-state index contributed by atoms with van der Waals surface area (Å²) in [5.41, 5.74) is 11.2. The molecule has 0 aliphatic rings. The van der Waals surface area contributed by atoms with Gasteiger partial charge in [0.05, 0.1) is 11.1 Å². The highest BCUT2D eigenvalue weighted by Crippen LogP contribution is 2.46. The van der Waals surface area contributed by atoms with Crippen LogP contribution in [0.2, 0.25) is 0 Å². The van der Waals surface area contributed by atoms with Crippen molar-refractivity contribution in [1.82, 2.24) is 4.98 Å². The van der Waals surface area contributed by atoms with Crippen LogP contribution in [0.4, 0.5) is 0 Å². The molecule has 3 heteroatoms. The average molecular weight is 454 g/mol. The minimum absolute atomic E-state index is 0.854. The van der Waals surface area contributed by atoms with Crippen molar-refractivity contribution in [3.05, 3.63) is 102 Å². The molecule has 0 amide bonds. The van der Waals surface area contributed by atoms with Gasteiger partial charge in [-0.2, -0.15) is 0 Å². The molecule has 0 spiro atoms. The van der Waals surface area contributed by atoms with Crippen LogP contribution < -0.4 is 0 Å². The maximum absolute atomic E-state index is 6.57. The minimum Gasteiger partial charge on any atom is -0.455 e. The first-order chi connectivity index (χ1) is 17.1. The van der Waals surface area contributed by atoms with Gasteiger partial charge in [-0.25, -0.2) is 0 Å². The smallest absolute Gasteiger partial charge is 0.147 e. The third-order valence-electron chi connectivity index (χ3n) is 7.11. The van der Waals surface area contributed by atoms with Crippen molar-refractivity contribution in [1.29, 1.82) is 0 Å². The van der Waals surface area contributed by atoms with E-state index in [2.05, 4.69) is 63.2 Å². The van der Waals surface area contributed by atoms with E-state index in [9.17, 15) is 0 Å². The van der Waals surface area contributed by atoms with Gasteiger partial charge in [-0.3, -0.25) is 4.98 Å². The summed E-state index contributed by atoms with van der Waals surface area (Å²) in [5.74, 6) is 0. The lowest BCUT2D eigenvalue weighted by Gasteiger charge is -2.10. The Kier molecular flexibility index (Phi) is 4.19. The molecule has 0 saturated carbocycles. The highest BCUT2D eigenvalue weighted by Gasteiger charge is 2.23. The molecular weight excluding hydrogens is 430 g/mol. The lowest BCUT2D eigenvalue weighted by Crippen LogP contribution is -1.90. The maximum Gasteiger partial charge on any atom is 0.147 e. The molecule has 3 heterocycles. The van der Waals surface area contributed by atoms with Gasteiger partial charge in [-0.15, -0.1) is 0 Å². The Balaban J connectivity index is 1.67. The Morgan fingerprint density at radius 3 is 2.03 bits per heavy atom. The normalized spacial score (nSPS) is 11.9. The first kappa shape index (κ1) is 20.0. The topological polar surface area (TPSA) is 39.2 Å². The van der Waals surface area contributed by atoms with E-state index in [1.165, 1.54) is 11.1 Å². The monoisotopic (exact) mass is 453 g/mol. The molecule has 0 fully saturated rings. The molecular formula is C32H23NO2. The van der Waals surface area contributed by atoms with Crippen LogP contribution in [0, 0.1) is 20.8 Å². The molecule has 0 atom stereocenters. The van der Waals surface area contributed by atoms with Crippen molar-refractivity contribution in [3.8, 4) is 22.4 Å². The van der Waals surface area contributed by atoms with Crippen molar-refractivity contribution in [2.75, 3.05) is 0 Å². The highest BCUT2D eigenvalue weighted by atomic mass is 16.3. The van der Waals surface area contributed by atoms with Crippen LogP contribution in [0.3, 0.4) is 0 Å². The Hall–Kier alpha value is -4.37. The number of furan rings is 2. The summed E-state index contributed by atoms with van der Waals surface area (Å²) in [6.45, 7) is 6.39. The second-order valence-electron chi connectivity index (χ2n) is 9.36. The lowest BCUT2D eigenvalue weighted by molar-refractivity contribution is 0.663. The number of hydrogen-bond acceptors (Lipinski definition) is 3. The molecule has 3 nitrogen and oxygen atoms in total. The summed E-state index contributed by atoms with van der Waals surface area (Å²) < 4.78 is 13.1. The van der Waals surface area contributed by atoms with Gasteiger partial charge < -0.3 is 8.83 Å². The zero-order valence-electron chi connectivity index (χ0n) is 19.8. The van der Waals surface area contributed by atoms with E-state index in [4.69, 9.17) is 13.8 Å². The second kappa shape index (κ2) is 7.31. The van der Waals surface area contributed by atoms with Crippen LogP contribution in [0.15, 0.2) is 93.9 Å². The molecule has 0 aliphatic heterocycles. The van der Waals surface area contributed by atoms with Gasteiger partial charge >= 0.3 is 0 Å². The molecule has 7 rings (SSSR count). The Bertz CT molecular complexity index is 1920. The van der Waals surface area contributed by atoms with Crippen LogP contribution in [0.5, 0.6) is 0 Å². The molecule has 0 bridgehead atoms. The Morgan fingerprint density at radius 2 is 1.26 bits per heavy atom. The highest BCUT2D eigenvalue weighted by molar-refractivity contribution is 6.26. The van der Waals surface area contributed by atoms with Gasteiger partial charge in [0.2, 0.25) is 0 Å². The number of benzene rings is 4. The van der Waals surface area contributed by atoms with Crippen molar-refractivity contribution in [3.63, 3.8) is 0 Å². The fourth-order valence-corrected chi connectivity index (χ4v) is 5.39. The fraction of sp³-hybridized carbons (Fsp3) is 0.0938. The van der Waals surface area contributed by atoms with Gasteiger partial charge in [-0.1, -0.05) is 54.6 Å². The molecule has 0 saturated heterocycles. The molecule has 168 valence electrons. The van der Waals surface area contributed by atoms with Crippen molar-refractivity contribution in [2.45, 2.75) is 20.8 Å². The number of nitrogens with zero attached hydrogens (tertiary/aromatic N) is 1. The van der Waals surface area contributed by atoms with Crippen LogP contribution in [0.25, 0.3) is 66.3 Å². The number of aromatic nitrogens is 1. The zero-order valence-corrected chi connectivity index (χ0v) is 19.8. The number of pyridine rings is 1. The van der Waals surface area contributed by atoms with E-state index in [1.807, 2.05) is 42.6 Å². The van der Waals surface area contributed by atoms with E-state index in [0.29, 0.717) is 0 Å². The van der Waals surface area contributed by atoms with Crippen molar-refractivity contribution >= 4 is 43.9 Å². The van der Waals surface area contributed by atoms with Crippen LogP contribution >= 0.6 is 0 Å². The fourth-order valence-electron chi connectivity index (χ4n) is 5.39. The maximum atomic E-state index is 6.57. The van der Waals surface area contributed by atoms with Crippen LogP contribution in [-0.4, -0.2) is 4.98 Å². The molecule has 0 aliphatic carbocycles. The minimum atomic E-state index is 0.854. The van der Waals surface area contributed by atoms with Crippen molar-refractivity contribution in [2.24, 2.45) is 0 Å². The summed E-state index contributed by atoms with van der Waals surface area (Å²) in [6.07, 6.45) is 1.96. The van der Waals surface area contributed by atoms with Gasteiger partial charge in [0.1, 0.15) is 22.3 Å². The lowest BCUT2D eigenvalue weighted by atomic mass is 9.94. The molecule has 0 N–H and O–H groups in total. The largest absolute Gasteiger partial charge is 0.455 e. The number of hydrogen-bond donors (Lipinski definition) is 0. The summed E-state index contributed by atoms with van der Waals surface area (Å²) in [6, 6.07) is 27.2. The Labute approximate surface area is 202 Å². The van der Waals surface area contributed by atoms with Gasteiger partial charge in [0.25, 0.3) is 0 Å². The molecule has 0 unspecified atom stereocenters. The zero-order chi connectivity index (χ0) is 23.7. The molecule has 4 aromatic carbocycles. The quantitative estimate of drug-likeness (QED) is 0.262. The third-order valence-corrected chi connectivity index (χ3v) is 7.11. The third kappa shape index (κ3) is 2.88. The van der Waals surface area contributed by atoms with E-state index in [1.54, 1.807) is 0 Å². The predicted molar refractivity (Wildman–Crippen MR) is 144 cm³/mol. The standard InChI is InChI=1S/C32H23NO2/c1-18-9-7-13-26-28(18)24-15-23(22-16-25(33-17-20(22)3)21-11-5-4-6-12-21)31-30(32(24)34-26)29-19(2)10-8-14-27(29)35-31/h4-17H,1-3H3. The van der Waals surface area contributed by atoms with Gasteiger partial charge in [-0.05, 0) is 67.3 Å². The number of aryl methyl sites for hydroxylation is 3. The number of rotatable bonds is 2.